The van der Waals surface area contributed by atoms with Crippen molar-refractivity contribution in [1.29, 1.82) is 0 Å². The Bertz CT molecular complexity index is 326. The summed E-state index contributed by atoms with van der Waals surface area (Å²) in [6, 6.07) is -0.185. The summed E-state index contributed by atoms with van der Waals surface area (Å²) in [6.07, 6.45) is -1.78. The topological polar surface area (TPSA) is 58.4 Å². The van der Waals surface area contributed by atoms with E-state index >= 15 is 0 Å². The van der Waals surface area contributed by atoms with Crippen LogP contribution < -0.4 is 11.1 Å². The smallest absolute Gasteiger partial charge is 0.356 e. The van der Waals surface area contributed by atoms with Crippen LogP contribution in [0, 0.1) is 11.8 Å². The van der Waals surface area contributed by atoms with Crippen LogP contribution in [-0.4, -0.2) is 49.2 Å². The molecule has 21 heavy (non-hydrogen) atoms. The molecule has 7 heteroatoms. The summed E-state index contributed by atoms with van der Waals surface area (Å²) < 4.78 is 36.8. The van der Waals surface area contributed by atoms with Crippen molar-refractivity contribution >= 4 is 5.91 Å². The van der Waals surface area contributed by atoms with E-state index in [1.54, 1.807) is 13.8 Å². The first kappa shape index (κ1) is 18.2. The Balaban J connectivity index is 2.18. The van der Waals surface area contributed by atoms with Gasteiger partial charge in [0.25, 0.3) is 0 Å². The maximum absolute atomic E-state index is 12.3. The number of nitrogens with one attached hydrogen (secondary N) is 1. The highest BCUT2D eigenvalue weighted by Crippen LogP contribution is 2.23. The fraction of sp³-hybridized carbons (Fsp3) is 0.929. The maximum atomic E-state index is 12.3. The molecule has 1 aliphatic heterocycles. The lowest BCUT2D eigenvalue weighted by Crippen LogP contribution is -2.41. The van der Waals surface area contributed by atoms with E-state index in [0.717, 1.165) is 19.3 Å². The third-order valence-corrected chi connectivity index (χ3v) is 4.16. The lowest BCUT2D eigenvalue weighted by molar-refractivity contribution is -0.148. The molecular formula is C14H26F3N3O. The number of rotatable bonds is 6. The minimum Gasteiger partial charge on any atom is -0.356 e. The van der Waals surface area contributed by atoms with Crippen LogP contribution in [0.15, 0.2) is 0 Å². The van der Waals surface area contributed by atoms with Gasteiger partial charge < -0.3 is 11.1 Å². The molecule has 0 bridgehead atoms. The summed E-state index contributed by atoms with van der Waals surface area (Å²) in [7, 11) is 0. The summed E-state index contributed by atoms with van der Waals surface area (Å²) >= 11 is 0. The van der Waals surface area contributed by atoms with Gasteiger partial charge >= 0.3 is 6.18 Å². The van der Waals surface area contributed by atoms with Crippen LogP contribution in [0.2, 0.25) is 0 Å². The monoisotopic (exact) mass is 309 g/mol. The SMILES string of the molecule is CC(N)C(C)C(=O)NCCC1CCN(CC(F)(F)F)CC1. The fourth-order valence-electron chi connectivity index (χ4n) is 2.49. The molecule has 1 aliphatic rings. The first-order valence-corrected chi connectivity index (χ1v) is 7.51. The number of amides is 1. The van der Waals surface area contributed by atoms with Crippen LogP contribution in [-0.2, 0) is 4.79 Å². The van der Waals surface area contributed by atoms with Gasteiger partial charge in [-0.25, -0.2) is 0 Å². The minimum atomic E-state index is -4.12. The molecule has 124 valence electrons. The van der Waals surface area contributed by atoms with Crippen molar-refractivity contribution in [2.45, 2.75) is 45.3 Å². The van der Waals surface area contributed by atoms with E-state index in [1.165, 1.54) is 4.90 Å². The van der Waals surface area contributed by atoms with E-state index in [-0.39, 0.29) is 17.9 Å². The summed E-state index contributed by atoms with van der Waals surface area (Å²) in [5.74, 6) is 0.110. The average Bonchev–Trinajstić information content (AvgIpc) is 2.38. The number of nitrogens with two attached hydrogens (primary N) is 1. The van der Waals surface area contributed by atoms with E-state index in [2.05, 4.69) is 5.32 Å². The van der Waals surface area contributed by atoms with Crippen LogP contribution >= 0.6 is 0 Å². The molecule has 1 fully saturated rings. The maximum Gasteiger partial charge on any atom is 0.401 e. The summed E-state index contributed by atoms with van der Waals surface area (Å²) in [5, 5.41) is 2.85. The Labute approximate surface area is 124 Å². The van der Waals surface area contributed by atoms with Gasteiger partial charge in [0.05, 0.1) is 6.54 Å². The predicted molar refractivity (Wildman–Crippen MR) is 75.7 cm³/mol. The van der Waals surface area contributed by atoms with E-state index in [0.29, 0.717) is 25.6 Å². The van der Waals surface area contributed by atoms with Gasteiger partial charge in [-0.15, -0.1) is 0 Å². The number of piperidine rings is 1. The lowest BCUT2D eigenvalue weighted by Gasteiger charge is -2.32. The summed E-state index contributed by atoms with van der Waals surface area (Å²) in [5.41, 5.74) is 5.66. The highest BCUT2D eigenvalue weighted by atomic mass is 19.4. The molecule has 4 nitrogen and oxygen atoms in total. The Hall–Kier alpha value is -0.820. The van der Waals surface area contributed by atoms with Gasteiger partial charge in [0.1, 0.15) is 0 Å². The van der Waals surface area contributed by atoms with Crippen molar-refractivity contribution < 1.29 is 18.0 Å². The van der Waals surface area contributed by atoms with Crippen molar-refractivity contribution in [3.63, 3.8) is 0 Å². The zero-order valence-corrected chi connectivity index (χ0v) is 12.7. The Kier molecular flexibility index (Phi) is 6.93. The minimum absolute atomic E-state index is 0.0560. The Morgan fingerprint density at radius 3 is 2.38 bits per heavy atom. The van der Waals surface area contributed by atoms with E-state index in [1.807, 2.05) is 0 Å². The number of hydrogen-bond acceptors (Lipinski definition) is 3. The molecule has 0 spiro atoms. The Morgan fingerprint density at radius 1 is 1.33 bits per heavy atom. The van der Waals surface area contributed by atoms with Crippen molar-refractivity contribution in [2.24, 2.45) is 17.6 Å². The van der Waals surface area contributed by atoms with Gasteiger partial charge in [0, 0.05) is 18.5 Å². The number of alkyl halides is 3. The first-order valence-electron chi connectivity index (χ1n) is 7.51. The standard InChI is InChI=1S/C14H26F3N3O/c1-10(11(2)18)13(21)19-6-3-12-4-7-20(8-5-12)9-14(15,16)17/h10-12H,3-9,18H2,1-2H3,(H,19,21). The predicted octanol–water partition coefficient (Wildman–Crippen LogP) is 1.75. The number of nitrogens with zero attached hydrogens (tertiary/aromatic N) is 1. The summed E-state index contributed by atoms with van der Waals surface area (Å²) in [4.78, 5) is 13.2. The molecule has 1 rings (SSSR count). The molecule has 1 amide bonds. The van der Waals surface area contributed by atoms with Gasteiger partial charge in [0.15, 0.2) is 0 Å². The van der Waals surface area contributed by atoms with Gasteiger partial charge in [-0.3, -0.25) is 9.69 Å². The third-order valence-electron chi connectivity index (χ3n) is 4.16. The lowest BCUT2D eigenvalue weighted by atomic mass is 9.93. The fourth-order valence-corrected chi connectivity index (χ4v) is 2.49. The molecule has 3 N–H and O–H groups in total. The van der Waals surface area contributed by atoms with Crippen LogP contribution in [0.1, 0.15) is 33.1 Å². The van der Waals surface area contributed by atoms with Crippen LogP contribution in [0.5, 0.6) is 0 Å². The normalized spacial score (nSPS) is 21.0. The molecule has 0 aliphatic carbocycles. The molecule has 2 atom stereocenters. The zero-order chi connectivity index (χ0) is 16.0. The van der Waals surface area contributed by atoms with Crippen LogP contribution in [0.4, 0.5) is 13.2 Å². The number of carbonyl (C=O) groups excluding carboxylic acids is 1. The molecule has 0 aromatic heterocycles. The van der Waals surface area contributed by atoms with E-state index in [4.69, 9.17) is 5.73 Å². The molecule has 1 saturated heterocycles. The van der Waals surface area contributed by atoms with Crippen molar-refractivity contribution in [3.8, 4) is 0 Å². The zero-order valence-electron chi connectivity index (χ0n) is 12.7. The second-order valence-electron chi connectivity index (χ2n) is 6.06. The second-order valence-corrected chi connectivity index (χ2v) is 6.06. The molecule has 2 unspecified atom stereocenters. The van der Waals surface area contributed by atoms with Gasteiger partial charge in [0.2, 0.25) is 5.91 Å². The number of halogens is 3. The van der Waals surface area contributed by atoms with Crippen molar-refractivity contribution in [3.05, 3.63) is 0 Å². The van der Waals surface area contributed by atoms with Crippen molar-refractivity contribution in [1.82, 2.24) is 10.2 Å². The quantitative estimate of drug-likeness (QED) is 0.786. The number of hydrogen-bond donors (Lipinski definition) is 2. The van der Waals surface area contributed by atoms with E-state index in [9.17, 15) is 18.0 Å². The number of carbonyl (C=O) groups is 1. The largest absolute Gasteiger partial charge is 0.401 e. The summed E-state index contributed by atoms with van der Waals surface area (Å²) in [6.45, 7) is 4.29. The molecule has 0 saturated carbocycles. The average molecular weight is 309 g/mol. The van der Waals surface area contributed by atoms with E-state index < -0.39 is 12.7 Å². The molecule has 0 aromatic carbocycles. The van der Waals surface area contributed by atoms with Gasteiger partial charge in [-0.2, -0.15) is 13.2 Å². The van der Waals surface area contributed by atoms with Crippen LogP contribution in [0.25, 0.3) is 0 Å². The third kappa shape index (κ3) is 7.13. The second kappa shape index (κ2) is 7.98. The highest BCUT2D eigenvalue weighted by Gasteiger charge is 2.32. The van der Waals surface area contributed by atoms with Crippen molar-refractivity contribution in [2.75, 3.05) is 26.2 Å². The molecule has 0 aromatic rings. The first-order chi connectivity index (χ1) is 9.69. The van der Waals surface area contributed by atoms with Gasteiger partial charge in [-0.1, -0.05) is 6.92 Å². The van der Waals surface area contributed by atoms with Gasteiger partial charge in [-0.05, 0) is 45.2 Å². The van der Waals surface area contributed by atoms with Crippen LogP contribution in [0.3, 0.4) is 0 Å². The molecule has 0 radical (unpaired) electrons. The number of likely N-dealkylation sites (tertiary alicyclic amines) is 1. The Morgan fingerprint density at radius 2 is 1.90 bits per heavy atom. The highest BCUT2D eigenvalue weighted by molar-refractivity contribution is 5.78. The molecule has 1 heterocycles. The molecular weight excluding hydrogens is 283 g/mol.